The molecule has 4 nitrogen and oxygen atoms in total. The zero-order chi connectivity index (χ0) is 13.9. The first kappa shape index (κ1) is 14.3. The maximum absolute atomic E-state index is 5.99. The molecule has 2 rings (SSSR count). The van der Waals surface area contributed by atoms with Gasteiger partial charge in [0.1, 0.15) is 5.82 Å². The summed E-state index contributed by atoms with van der Waals surface area (Å²) < 4.78 is 5.99. The topological polar surface area (TPSA) is 47.0 Å². The fourth-order valence-electron chi connectivity index (χ4n) is 2.79. The summed E-state index contributed by atoms with van der Waals surface area (Å²) in [5.41, 5.74) is 1.13. The maximum Gasteiger partial charge on any atom is 0.144 e. The standard InChI is InChI=1S/C15H25N3O/c1-11-8-16-10-13(18-11)17-9-12-6-5-7-19-14(12)15(2,3)4/h8,10,12,14H,5-7,9H2,1-4H3,(H,17,18). The lowest BCUT2D eigenvalue weighted by molar-refractivity contribution is -0.0814. The van der Waals surface area contributed by atoms with E-state index in [9.17, 15) is 0 Å². The van der Waals surface area contributed by atoms with Gasteiger partial charge in [0.15, 0.2) is 0 Å². The van der Waals surface area contributed by atoms with Crippen molar-refractivity contribution in [2.75, 3.05) is 18.5 Å². The van der Waals surface area contributed by atoms with Crippen LogP contribution in [0.1, 0.15) is 39.3 Å². The van der Waals surface area contributed by atoms with E-state index in [2.05, 4.69) is 36.1 Å². The smallest absolute Gasteiger partial charge is 0.144 e. The van der Waals surface area contributed by atoms with Crippen LogP contribution in [0.2, 0.25) is 0 Å². The number of nitrogens with one attached hydrogen (secondary N) is 1. The largest absolute Gasteiger partial charge is 0.377 e. The van der Waals surface area contributed by atoms with Crippen LogP contribution in [0.15, 0.2) is 12.4 Å². The number of aryl methyl sites for hydroxylation is 1. The number of anilines is 1. The van der Waals surface area contributed by atoms with Gasteiger partial charge in [-0.1, -0.05) is 20.8 Å². The van der Waals surface area contributed by atoms with E-state index in [0.717, 1.165) is 31.1 Å². The molecule has 0 aromatic carbocycles. The molecule has 1 N–H and O–H groups in total. The monoisotopic (exact) mass is 263 g/mol. The minimum atomic E-state index is 0.186. The van der Waals surface area contributed by atoms with E-state index >= 15 is 0 Å². The van der Waals surface area contributed by atoms with E-state index in [0.29, 0.717) is 12.0 Å². The van der Waals surface area contributed by atoms with Crippen molar-refractivity contribution in [1.82, 2.24) is 9.97 Å². The van der Waals surface area contributed by atoms with Crippen molar-refractivity contribution in [3.63, 3.8) is 0 Å². The van der Waals surface area contributed by atoms with Crippen LogP contribution in [0.3, 0.4) is 0 Å². The highest BCUT2D eigenvalue weighted by atomic mass is 16.5. The minimum absolute atomic E-state index is 0.186. The maximum atomic E-state index is 5.99. The van der Waals surface area contributed by atoms with E-state index in [4.69, 9.17) is 4.74 Å². The molecule has 2 heterocycles. The fourth-order valence-corrected chi connectivity index (χ4v) is 2.79. The van der Waals surface area contributed by atoms with E-state index in [1.165, 1.54) is 6.42 Å². The molecule has 0 saturated carbocycles. The third-order valence-electron chi connectivity index (χ3n) is 3.60. The molecule has 0 radical (unpaired) electrons. The van der Waals surface area contributed by atoms with Gasteiger partial charge in [-0.05, 0) is 25.2 Å². The summed E-state index contributed by atoms with van der Waals surface area (Å²) >= 11 is 0. The van der Waals surface area contributed by atoms with Crippen LogP contribution in [0, 0.1) is 18.3 Å². The van der Waals surface area contributed by atoms with Crippen LogP contribution < -0.4 is 5.32 Å². The quantitative estimate of drug-likeness (QED) is 0.910. The van der Waals surface area contributed by atoms with Crippen molar-refractivity contribution in [3.8, 4) is 0 Å². The van der Waals surface area contributed by atoms with E-state index in [1.54, 1.807) is 12.4 Å². The van der Waals surface area contributed by atoms with Gasteiger partial charge >= 0.3 is 0 Å². The summed E-state index contributed by atoms with van der Waals surface area (Å²) in [5, 5.41) is 3.40. The summed E-state index contributed by atoms with van der Waals surface area (Å²) in [7, 11) is 0. The Bertz CT molecular complexity index is 414. The van der Waals surface area contributed by atoms with Gasteiger partial charge in [-0.2, -0.15) is 0 Å². The van der Waals surface area contributed by atoms with Gasteiger partial charge in [0.05, 0.1) is 18.0 Å². The molecule has 2 unspecified atom stereocenters. The van der Waals surface area contributed by atoms with E-state index in [1.807, 2.05) is 6.92 Å². The lowest BCUT2D eigenvalue weighted by atomic mass is 9.78. The number of ether oxygens (including phenoxy) is 1. The normalized spacial score (nSPS) is 24.2. The number of nitrogens with zero attached hydrogens (tertiary/aromatic N) is 2. The van der Waals surface area contributed by atoms with Crippen LogP contribution in [-0.4, -0.2) is 29.2 Å². The van der Waals surface area contributed by atoms with Gasteiger partial charge < -0.3 is 10.1 Å². The molecule has 1 saturated heterocycles. The molecular weight excluding hydrogens is 238 g/mol. The number of hydrogen-bond donors (Lipinski definition) is 1. The molecule has 0 aliphatic carbocycles. The summed E-state index contributed by atoms with van der Waals surface area (Å²) in [4.78, 5) is 8.59. The Morgan fingerprint density at radius 1 is 1.37 bits per heavy atom. The molecule has 1 fully saturated rings. The second-order valence-electron chi connectivity index (χ2n) is 6.49. The second-order valence-corrected chi connectivity index (χ2v) is 6.49. The third-order valence-corrected chi connectivity index (χ3v) is 3.60. The zero-order valence-corrected chi connectivity index (χ0v) is 12.4. The Morgan fingerprint density at radius 2 is 2.16 bits per heavy atom. The highest BCUT2D eigenvalue weighted by Crippen LogP contribution is 2.34. The third kappa shape index (κ3) is 3.90. The van der Waals surface area contributed by atoms with E-state index < -0.39 is 0 Å². The Kier molecular flexibility index (Phi) is 4.40. The van der Waals surface area contributed by atoms with Gasteiger partial charge in [0.2, 0.25) is 0 Å². The van der Waals surface area contributed by atoms with Crippen molar-refractivity contribution < 1.29 is 4.74 Å². The first-order valence-electron chi connectivity index (χ1n) is 7.11. The van der Waals surface area contributed by atoms with Gasteiger partial charge in [0.25, 0.3) is 0 Å². The molecule has 0 bridgehead atoms. The molecule has 0 amide bonds. The average molecular weight is 263 g/mol. The molecule has 0 spiro atoms. The van der Waals surface area contributed by atoms with Crippen molar-refractivity contribution in [3.05, 3.63) is 18.1 Å². The van der Waals surface area contributed by atoms with Gasteiger partial charge in [0, 0.05) is 25.3 Å². The number of rotatable bonds is 3. The van der Waals surface area contributed by atoms with Crippen LogP contribution in [0.25, 0.3) is 0 Å². The van der Waals surface area contributed by atoms with Crippen LogP contribution >= 0.6 is 0 Å². The number of hydrogen-bond acceptors (Lipinski definition) is 4. The first-order valence-corrected chi connectivity index (χ1v) is 7.11. The van der Waals surface area contributed by atoms with E-state index in [-0.39, 0.29) is 5.41 Å². The minimum Gasteiger partial charge on any atom is -0.377 e. The van der Waals surface area contributed by atoms with Crippen molar-refractivity contribution in [2.45, 2.75) is 46.6 Å². The van der Waals surface area contributed by atoms with Crippen molar-refractivity contribution in [1.29, 1.82) is 0 Å². The van der Waals surface area contributed by atoms with Crippen LogP contribution in [-0.2, 0) is 4.74 Å². The van der Waals surface area contributed by atoms with Crippen LogP contribution in [0.5, 0.6) is 0 Å². The SMILES string of the molecule is Cc1cncc(NCC2CCCOC2C(C)(C)C)n1. The molecule has 1 aromatic rings. The predicted molar refractivity (Wildman–Crippen MR) is 77.2 cm³/mol. The van der Waals surface area contributed by atoms with Gasteiger partial charge in [-0.25, -0.2) is 4.98 Å². The molecule has 106 valence electrons. The zero-order valence-electron chi connectivity index (χ0n) is 12.4. The Balaban J connectivity index is 1.97. The van der Waals surface area contributed by atoms with Crippen molar-refractivity contribution >= 4 is 5.82 Å². The first-order chi connectivity index (χ1) is 8.97. The lowest BCUT2D eigenvalue weighted by Gasteiger charge is -2.40. The van der Waals surface area contributed by atoms with Gasteiger partial charge in [-0.15, -0.1) is 0 Å². The number of aromatic nitrogens is 2. The molecule has 2 atom stereocenters. The molecule has 19 heavy (non-hydrogen) atoms. The van der Waals surface area contributed by atoms with Gasteiger partial charge in [-0.3, -0.25) is 4.98 Å². The molecule has 1 aromatic heterocycles. The summed E-state index contributed by atoms with van der Waals surface area (Å²) in [6.07, 6.45) is 6.23. The molecule has 1 aliphatic heterocycles. The fraction of sp³-hybridized carbons (Fsp3) is 0.733. The summed E-state index contributed by atoms with van der Waals surface area (Å²) in [5.74, 6) is 1.40. The van der Waals surface area contributed by atoms with Crippen LogP contribution in [0.4, 0.5) is 5.82 Å². The Morgan fingerprint density at radius 3 is 2.84 bits per heavy atom. The Hall–Kier alpha value is -1.16. The summed E-state index contributed by atoms with van der Waals surface area (Å²) in [6, 6.07) is 0. The predicted octanol–water partition coefficient (Wildman–Crippen LogP) is 3.04. The molecule has 1 aliphatic rings. The highest BCUT2D eigenvalue weighted by Gasteiger charge is 2.35. The highest BCUT2D eigenvalue weighted by molar-refractivity contribution is 5.31. The average Bonchev–Trinajstić information content (AvgIpc) is 2.36. The second kappa shape index (κ2) is 5.87. The van der Waals surface area contributed by atoms with Crippen molar-refractivity contribution in [2.24, 2.45) is 11.3 Å². The molecule has 4 heteroatoms. The lowest BCUT2D eigenvalue weighted by Crippen LogP contribution is -2.42. The Labute approximate surface area is 116 Å². The summed E-state index contributed by atoms with van der Waals surface area (Å²) in [6.45, 7) is 10.5. The molecular formula is C15H25N3O.